The van der Waals surface area contributed by atoms with Gasteiger partial charge in [-0.1, -0.05) is 55.5 Å². The number of carbonyl (C=O) groups excluding carboxylic acids is 4. The maximum Gasteiger partial charge on any atom is 0.407 e. The standard InChI is InChI=1S/C51H58N8O6S2/c1-29-24-33-9-7-30(25-36(33)34-12-14-38-42(27-34)54-46(52-38)44-16-20-58(44)48(60)40(18-22-66-4)56-50(62)64-2)6-8-31-10-11-32(29)26-37(31)35-13-15-39-43(28-35)55-47(53-39)45-17-21-59(45)49(61)41(19-23-67-5)57-51(63)65-3/h7,9-15,25-29,40-41,44-45H,6,8,16-24H2,1-5H3,(H,52,54)(H,53,55)(H,56,62)(H,57,63)/t29-,40+,41+,44+,45+/m1/s1. The van der Waals surface area contributed by atoms with Crippen LogP contribution in [0.4, 0.5) is 9.59 Å². The molecule has 6 aromatic rings. The summed E-state index contributed by atoms with van der Waals surface area (Å²) in [5, 5.41) is 5.47. The van der Waals surface area contributed by atoms with Crippen LogP contribution >= 0.6 is 23.5 Å². The van der Waals surface area contributed by atoms with Crippen LogP contribution in [0.2, 0.25) is 0 Å². The lowest BCUT2D eigenvalue weighted by atomic mass is 9.84. The molecule has 2 aliphatic heterocycles. The number of hydrogen-bond acceptors (Lipinski definition) is 10. The smallest absolute Gasteiger partial charge is 0.407 e. The predicted molar refractivity (Wildman–Crippen MR) is 265 cm³/mol. The Bertz CT molecular complexity index is 2830. The average Bonchev–Trinajstić information content (AvgIpc) is 3.92. The van der Waals surface area contributed by atoms with Crippen molar-refractivity contribution in [3.63, 3.8) is 0 Å². The summed E-state index contributed by atoms with van der Waals surface area (Å²) in [5.74, 6) is 2.97. The minimum Gasteiger partial charge on any atom is -0.453 e. The van der Waals surface area contributed by atoms with E-state index in [0.717, 1.165) is 88.5 Å². The number of likely N-dealkylation sites (tertiary alicyclic amines) is 2. The van der Waals surface area contributed by atoms with Gasteiger partial charge in [0.2, 0.25) is 11.8 Å². The van der Waals surface area contributed by atoms with Gasteiger partial charge in [0.25, 0.3) is 0 Å². The third-order valence-corrected chi connectivity index (χ3v) is 15.0. The topological polar surface area (TPSA) is 175 Å². The summed E-state index contributed by atoms with van der Waals surface area (Å²) in [4.78, 5) is 72.1. The van der Waals surface area contributed by atoms with Crippen LogP contribution < -0.4 is 10.6 Å². The van der Waals surface area contributed by atoms with Crippen LogP contribution in [0.1, 0.15) is 84.5 Å². The van der Waals surface area contributed by atoms with Gasteiger partial charge in [0.1, 0.15) is 23.7 Å². The molecule has 4 bridgehead atoms. The van der Waals surface area contributed by atoms with Crippen molar-refractivity contribution >= 4 is 69.6 Å². The van der Waals surface area contributed by atoms with E-state index in [2.05, 4.69) is 100 Å². The predicted octanol–water partition coefficient (Wildman–Crippen LogP) is 8.72. The Morgan fingerprint density at radius 3 is 1.70 bits per heavy atom. The third kappa shape index (κ3) is 9.60. The number of carbonyl (C=O) groups is 4. The van der Waals surface area contributed by atoms with Crippen molar-refractivity contribution in [3.8, 4) is 22.3 Å². The summed E-state index contributed by atoms with van der Waals surface area (Å²) in [6, 6.07) is 25.0. The van der Waals surface area contributed by atoms with Crippen LogP contribution in [0.5, 0.6) is 0 Å². The molecule has 2 saturated heterocycles. The van der Waals surface area contributed by atoms with Gasteiger partial charge >= 0.3 is 12.2 Å². The number of thioether (sulfide) groups is 2. The number of aromatic nitrogens is 4. The van der Waals surface area contributed by atoms with Gasteiger partial charge in [-0.25, -0.2) is 19.6 Å². The maximum absolute atomic E-state index is 13.7. The highest BCUT2D eigenvalue weighted by Gasteiger charge is 2.40. The van der Waals surface area contributed by atoms with Gasteiger partial charge in [-0.3, -0.25) is 9.59 Å². The van der Waals surface area contributed by atoms with E-state index in [9.17, 15) is 19.2 Å². The summed E-state index contributed by atoms with van der Waals surface area (Å²) < 4.78 is 9.63. The first kappa shape index (κ1) is 46.1. The van der Waals surface area contributed by atoms with Crippen molar-refractivity contribution in [1.29, 1.82) is 0 Å². The van der Waals surface area contributed by atoms with E-state index in [4.69, 9.17) is 19.4 Å². The Hall–Kier alpha value is -6.00. The molecule has 0 unspecified atom stereocenters. The lowest BCUT2D eigenvalue weighted by Crippen LogP contribution is -2.54. The molecule has 4 aromatic carbocycles. The summed E-state index contributed by atoms with van der Waals surface area (Å²) in [6.07, 6.45) is 7.94. The molecule has 16 heteroatoms. The molecular weight excluding hydrogens is 885 g/mol. The van der Waals surface area contributed by atoms with Gasteiger partial charge in [-0.2, -0.15) is 23.5 Å². The highest BCUT2D eigenvalue weighted by molar-refractivity contribution is 7.98. The minimum atomic E-state index is -0.657. The molecule has 0 radical (unpaired) electrons. The number of rotatable bonds is 14. The second-order valence-electron chi connectivity index (χ2n) is 17.8. The molecule has 6 aliphatic rings. The molecule has 67 heavy (non-hydrogen) atoms. The number of methoxy groups -OCH3 is 2. The van der Waals surface area contributed by atoms with E-state index in [-0.39, 0.29) is 29.8 Å². The molecule has 14 nitrogen and oxygen atoms in total. The lowest BCUT2D eigenvalue weighted by Gasteiger charge is -2.41. The van der Waals surface area contributed by atoms with Crippen molar-refractivity contribution in [1.82, 2.24) is 40.4 Å². The van der Waals surface area contributed by atoms with Gasteiger partial charge in [0, 0.05) is 13.1 Å². The number of fused-ring (bicyclic) bond motifs is 2. The molecular formula is C51H58N8O6S2. The molecule has 4 N–H and O–H groups in total. The van der Waals surface area contributed by atoms with E-state index in [1.807, 2.05) is 22.3 Å². The molecule has 0 spiro atoms. The highest BCUT2D eigenvalue weighted by atomic mass is 32.2. The number of imidazole rings is 2. The number of nitrogens with zero attached hydrogens (tertiary/aromatic N) is 4. The minimum absolute atomic E-state index is 0.120. The van der Waals surface area contributed by atoms with Gasteiger partial charge in [-0.15, -0.1) is 0 Å². The first-order valence-corrected chi connectivity index (χ1v) is 25.9. The van der Waals surface area contributed by atoms with E-state index in [0.29, 0.717) is 25.9 Å². The Morgan fingerprint density at radius 2 is 1.21 bits per heavy atom. The highest BCUT2D eigenvalue weighted by Crippen LogP contribution is 2.39. The van der Waals surface area contributed by atoms with E-state index >= 15 is 0 Å². The molecule has 2 fully saturated rings. The second kappa shape index (κ2) is 20.1. The third-order valence-electron chi connectivity index (χ3n) is 13.7. The molecule has 2 aromatic heterocycles. The number of benzene rings is 4. The summed E-state index contributed by atoms with van der Waals surface area (Å²) in [5.41, 5.74) is 13.3. The SMILES string of the molecule is COC(=O)N[C@@H](CCSC)C(=O)N1CC[C@H]1c1nc2ccc(-c3cc4ccc3CCc3ccc(c(-c5ccc6nc([C@@H]7CCN7C(=O)[C@H](CCSC)NC(=O)OC)[nH]c6c5)c3)C[C@H]4C)cc2[nH]1. The van der Waals surface area contributed by atoms with Crippen molar-refractivity contribution in [3.05, 3.63) is 107 Å². The zero-order chi connectivity index (χ0) is 46.8. The zero-order valence-electron chi connectivity index (χ0n) is 38.6. The van der Waals surface area contributed by atoms with Crippen LogP contribution in [0, 0.1) is 0 Å². The molecule has 5 atom stereocenters. The second-order valence-corrected chi connectivity index (χ2v) is 19.8. The van der Waals surface area contributed by atoms with Crippen LogP contribution in [-0.4, -0.2) is 117 Å². The number of ether oxygens (including phenoxy) is 2. The van der Waals surface area contributed by atoms with Crippen molar-refractivity contribution in [2.45, 2.75) is 82.0 Å². The van der Waals surface area contributed by atoms with Crippen LogP contribution in [0.25, 0.3) is 44.3 Å². The van der Waals surface area contributed by atoms with Crippen molar-refractivity contribution in [2.75, 3.05) is 51.3 Å². The molecule has 12 rings (SSSR count). The van der Waals surface area contributed by atoms with Gasteiger partial charge < -0.3 is 39.9 Å². The van der Waals surface area contributed by atoms with E-state index in [1.54, 1.807) is 23.5 Å². The summed E-state index contributed by atoms with van der Waals surface area (Å²) in [7, 11) is 2.61. The number of nitrogens with one attached hydrogen (secondary N) is 4. The van der Waals surface area contributed by atoms with E-state index < -0.39 is 24.3 Å². The summed E-state index contributed by atoms with van der Waals surface area (Å²) >= 11 is 3.26. The number of alkyl carbamates (subject to hydrolysis) is 2. The van der Waals surface area contributed by atoms with Gasteiger partial charge in [-0.05, 0) is 144 Å². The number of H-pyrrole nitrogens is 2. The number of aromatic amines is 2. The molecule has 4 amide bonds. The molecule has 4 heterocycles. The summed E-state index contributed by atoms with van der Waals surface area (Å²) in [6.45, 7) is 3.51. The van der Waals surface area contributed by atoms with E-state index in [1.165, 1.54) is 47.6 Å². The first-order valence-electron chi connectivity index (χ1n) is 23.1. The zero-order valence-corrected chi connectivity index (χ0v) is 40.3. The largest absolute Gasteiger partial charge is 0.453 e. The molecule has 350 valence electrons. The van der Waals surface area contributed by atoms with Crippen LogP contribution in [-0.2, 0) is 38.3 Å². The fraction of sp³-hybridized carbons (Fsp3) is 0.412. The Balaban J connectivity index is 0.933. The first-order chi connectivity index (χ1) is 32.5. The average molecular weight is 943 g/mol. The van der Waals surface area contributed by atoms with Crippen molar-refractivity contribution < 1.29 is 28.7 Å². The number of hydrogen-bond donors (Lipinski definition) is 4. The Kier molecular flexibility index (Phi) is 13.8. The normalized spacial score (nSPS) is 18.7. The number of aryl methyl sites for hydroxylation is 2. The quantitative estimate of drug-likeness (QED) is 0.0827. The number of amides is 4. The van der Waals surface area contributed by atoms with Gasteiger partial charge in [0.05, 0.1) is 48.4 Å². The fourth-order valence-electron chi connectivity index (χ4n) is 9.71. The van der Waals surface area contributed by atoms with Crippen LogP contribution in [0.3, 0.4) is 0 Å². The monoisotopic (exact) mass is 942 g/mol. The molecule has 4 aliphatic carbocycles. The lowest BCUT2D eigenvalue weighted by molar-refractivity contribution is -0.142. The fourth-order valence-corrected chi connectivity index (χ4v) is 10.7. The Morgan fingerprint density at radius 1 is 0.687 bits per heavy atom. The van der Waals surface area contributed by atoms with Crippen molar-refractivity contribution in [2.24, 2.45) is 0 Å². The van der Waals surface area contributed by atoms with Gasteiger partial charge in [0.15, 0.2) is 0 Å². The van der Waals surface area contributed by atoms with Crippen LogP contribution in [0.15, 0.2) is 72.8 Å². The molecule has 0 saturated carbocycles. The maximum atomic E-state index is 13.7. The Labute approximate surface area is 399 Å².